The summed E-state index contributed by atoms with van der Waals surface area (Å²) in [5.74, 6) is 0.223. The van der Waals surface area contributed by atoms with E-state index in [2.05, 4.69) is 5.32 Å². The molecule has 0 atom stereocenters. The highest BCUT2D eigenvalue weighted by atomic mass is 32.2. The maximum absolute atomic E-state index is 12.5. The molecule has 0 radical (unpaired) electrons. The first kappa shape index (κ1) is 18.7. The zero-order valence-corrected chi connectivity index (χ0v) is 15.6. The molecule has 5 nitrogen and oxygen atoms in total. The molecule has 0 saturated carbocycles. The quantitative estimate of drug-likeness (QED) is 0.702. The van der Waals surface area contributed by atoms with Crippen LogP contribution in [0.3, 0.4) is 0 Å². The molecule has 0 heterocycles. The van der Waals surface area contributed by atoms with E-state index < -0.39 is 9.84 Å². The maximum Gasteiger partial charge on any atom is 0.255 e. The normalized spacial score (nSPS) is 11.0. The van der Waals surface area contributed by atoms with E-state index in [1.807, 2.05) is 0 Å². The first-order valence-electron chi connectivity index (χ1n) is 8.30. The van der Waals surface area contributed by atoms with E-state index >= 15 is 0 Å². The molecule has 0 aliphatic rings. The molecule has 1 amide bonds. The molecule has 1 N–H and O–H groups in total. The van der Waals surface area contributed by atoms with Gasteiger partial charge in [-0.05, 0) is 54.1 Å². The molecule has 6 heteroatoms. The van der Waals surface area contributed by atoms with Crippen molar-refractivity contribution in [2.45, 2.75) is 10.6 Å². The summed E-state index contributed by atoms with van der Waals surface area (Å²) in [7, 11) is -1.90. The Morgan fingerprint density at radius 1 is 0.926 bits per heavy atom. The molecule has 138 valence electrons. The Labute approximate surface area is 158 Å². The van der Waals surface area contributed by atoms with Gasteiger partial charge in [-0.25, -0.2) is 8.42 Å². The molecule has 0 unspecified atom stereocenters. The van der Waals surface area contributed by atoms with Gasteiger partial charge in [0.1, 0.15) is 5.75 Å². The summed E-state index contributed by atoms with van der Waals surface area (Å²) in [6, 6.07) is 21.9. The first-order valence-corrected chi connectivity index (χ1v) is 9.95. The number of anilines is 1. The second kappa shape index (κ2) is 8.05. The molecule has 3 rings (SSSR count). The molecular weight excluding hydrogens is 362 g/mol. The molecule has 0 aliphatic heterocycles. The SMILES string of the molecule is COc1ccc(NC(=O)c2cccc(CS(=O)(=O)c3ccccc3)c2)cc1. The molecule has 27 heavy (non-hydrogen) atoms. The van der Waals surface area contributed by atoms with Gasteiger partial charge < -0.3 is 10.1 Å². The van der Waals surface area contributed by atoms with Crippen LogP contribution in [0, 0.1) is 0 Å². The lowest BCUT2D eigenvalue weighted by Gasteiger charge is -2.09. The third-order valence-electron chi connectivity index (χ3n) is 4.00. The zero-order chi connectivity index (χ0) is 19.3. The standard InChI is InChI=1S/C21H19NO4S/c1-26-19-12-10-18(11-13-19)22-21(23)17-7-5-6-16(14-17)15-27(24,25)20-8-3-2-4-9-20/h2-14H,15H2,1H3,(H,22,23). The number of benzene rings is 3. The molecule has 0 saturated heterocycles. The van der Waals surface area contributed by atoms with Gasteiger partial charge in [-0.15, -0.1) is 0 Å². The highest BCUT2D eigenvalue weighted by Crippen LogP contribution is 2.19. The van der Waals surface area contributed by atoms with Gasteiger partial charge in [0.2, 0.25) is 0 Å². The predicted octanol–water partition coefficient (Wildman–Crippen LogP) is 3.92. The Morgan fingerprint density at radius 3 is 2.30 bits per heavy atom. The van der Waals surface area contributed by atoms with Crippen molar-refractivity contribution in [1.82, 2.24) is 0 Å². The molecule has 0 bridgehead atoms. The third kappa shape index (κ3) is 4.74. The molecule has 0 aromatic heterocycles. The number of amides is 1. The second-order valence-electron chi connectivity index (χ2n) is 5.96. The average molecular weight is 381 g/mol. The number of sulfone groups is 1. The van der Waals surface area contributed by atoms with Crippen LogP contribution in [0.15, 0.2) is 83.8 Å². The molecule has 0 fully saturated rings. The van der Waals surface area contributed by atoms with Gasteiger partial charge in [-0.3, -0.25) is 4.79 Å². The third-order valence-corrected chi connectivity index (χ3v) is 5.70. The monoisotopic (exact) mass is 381 g/mol. The number of hydrogen-bond acceptors (Lipinski definition) is 4. The van der Waals surface area contributed by atoms with Crippen molar-refractivity contribution in [3.63, 3.8) is 0 Å². The van der Waals surface area contributed by atoms with Crippen LogP contribution in [-0.2, 0) is 15.6 Å². The number of carbonyl (C=O) groups is 1. The van der Waals surface area contributed by atoms with E-state index in [1.165, 1.54) is 0 Å². The fourth-order valence-corrected chi connectivity index (χ4v) is 3.97. The Kier molecular flexibility index (Phi) is 5.57. The van der Waals surface area contributed by atoms with E-state index in [-0.39, 0.29) is 16.6 Å². The fraction of sp³-hybridized carbons (Fsp3) is 0.0952. The van der Waals surface area contributed by atoms with Crippen molar-refractivity contribution in [3.05, 3.63) is 90.0 Å². The molecular formula is C21H19NO4S. The van der Waals surface area contributed by atoms with Crippen LogP contribution >= 0.6 is 0 Å². The van der Waals surface area contributed by atoms with Crippen LogP contribution < -0.4 is 10.1 Å². The van der Waals surface area contributed by atoms with Crippen molar-refractivity contribution in [3.8, 4) is 5.75 Å². The lowest BCUT2D eigenvalue weighted by atomic mass is 10.1. The summed E-state index contributed by atoms with van der Waals surface area (Å²) >= 11 is 0. The maximum atomic E-state index is 12.5. The molecule has 0 aliphatic carbocycles. The first-order chi connectivity index (χ1) is 13.0. The van der Waals surface area contributed by atoms with Gasteiger partial charge in [0.15, 0.2) is 9.84 Å². The van der Waals surface area contributed by atoms with Crippen molar-refractivity contribution in [2.75, 3.05) is 12.4 Å². The highest BCUT2D eigenvalue weighted by Gasteiger charge is 2.16. The second-order valence-corrected chi connectivity index (χ2v) is 7.94. The van der Waals surface area contributed by atoms with Gasteiger partial charge in [-0.2, -0.15) is 0 Å². The predicted molar refractivity (Wildman–Crippen MR) is 105 cm³/mol. The summed E-state index contributed by atoms with van der Waals surface area (Å²) in [6.45, 7) is 0. The summed E-state index contributed by atoms with van der Waals surface area (Å²) in [6.07, 6.45) is 0. The largest absolute Gasteiger partial charge is 0.497 e. The molecule has 3 aromatic rings. The van der Waals surface area contributed by atoms with Crippen molar-refractivity contribution >= 4 is 21.4 Å². The van der Waals surface area contributed by atoms with Crippen LogP contribution in [0.5, 0.6) is 5.75 Å². The van der Waals surface area contributed by atoms with Gasteiger partial charge in [-0.1, -0.05) is 30.3 Å². The number of hydrogen-bond donors (Lipinski definition) is 1. The average Bonchev–Trinajstić information content (AvgIpc) is 2.69. The Morgan fingerprint density at radius 2 is 1.63 bits per heavy atom. The lowest BCUT2D eigenvalue weighted by Crippen LogP contribution is -2.12. The Bertz CT molecular complexity index is 1030. The van der Waals surface area contributed by atoms with Crippen LogP contribution in [0.25, 0.3) is 0 Å². The lowest BCUT2D eigenvalue weighted by molar-refractivity contribution is 0.102. The summed E-state index contributed by atoms with van der Waals surface area (Å²) in [5.41, 5.74) is 1.58. The van der Waals surface area contributed by atoms with Gasteiger partial charge in [0.25, 0.3) is 5.91 Å². The van der Waals surface area contributed by atoms with Crippen LogP contribution in [-0.4, -0.2) is 21.4 Å². The van der Waals surface area contributed by atoms with E-state index in [0.29, 0.717) is 22.6 Å². The topological polar surface area (TPSA) is 72.5 Å². The highest BCUT2D eigenvalue weighted by molar-refractivity contribution is 7.90. The van der Waals surface area contributed by atoms with Crippen LogP contribution in [0.1, 0.15) is 15.9 Å². The minimum Gasteiger partial charge on any atom is -0.497 e. The summed E-state index contributed by atoms with van der Waals surface area (Å²) in [5, 5.41) is 2.79. The van der Waals surface area contributed by atoms with Crippen molar-refractivity contribution in [2.24, 2.45) is 0 Å². The van der Waals surface area contributed by atoms with Crippen molar-refractivity contribution in [1.29, 1.82) is 0 Å². The van der Waals surface area contributed by atoms with E-state index in [0.717, 1.165) is 0 Å². The van der Waals surface area contributed by atoms with E-state index in [1.54, 1.807) is 86.0 Å². The number of methoxy groups -OCH3 is 1. The number of nitrogens with one attached hydrogen (secondary N) is 1. The van der Waals surface area contributed by atoms with E-state index in [4.69, 9.17) is 4.74 Å². The van der Waals surface area contributed by atoms with Gasteiger partial charge >= 0.3 is 0 Å². The number of carbonyl (C=O) groups excluding carboxylic acids is 1. The number of ether oxygens (including phenoxy) is 1. The van der Waals surface area contributed by atoms with Crippen molar-refractivity contribution < 1.29 is 17.9 Å². The molecule has 3 aromatic carbocycles. The minimum absolute atomic E-state index is 0.166. The van der Waals surface area contributed by atoms with Gasteiger partial charge in [0, 0.05) is 11.3 Å². The summed E-state index contributed by atoms with van der Waals surface area (Å²) in [4.78, 5) is 12.7. The fourth-order valence-electron chi connectivity index (χ4n) is 2.61. The molecule has 0 spiro atoms. The zero-order valence-electron chi connectivity index (χ0n) is 14.8. The number of rotatable bonds is 6. The van der Waals surface area contributed by atoms with Gasteiger partial charge in [0.05, 0.1) is 17.8 Å². The Hall–Kier alpha value is -3.12. The van der Waals surface area contributed by atoms with Crippen LogP contribution in [0.4, 0.5) is 5.69 Å². The van der Waals surface area contributed by atoms with Crippen LogP contribution in [0.2, 0.25) is 0 Å². The minimum atomic E-state index is -3.47. The van der Waals surface area contributed by atoms with E-state index in [9.17, 15) is 13.2 Å². The summed E-state index contributed by atoms with van der Waals surface area (Å²) < 4.78 is 30.1. The Balaban J connectivity index is 1.75. The smallest absolute Gasteiger partial charge is 0.255 e.